The van der Waals surface area contributed by atoms with E-state index in [1.807, 2.05) is 44.2 Å². The summed E-state index contributed by atoms with van der Waals surface area (Å²) in [6.07, 6.45) is 2.77. The van der Waals surface area contributed by atoms with Gasteiger partial charge in [-0.2, -0.15) is 0 Å². The van der Waals surface area contributed by atoms with Crippen LogP contribution in [-0.4, -0.2) is 30.8 Å². The Hall–Kier alpha value is -2.64. The number of carbonyl (C=O) groups is 1. The first-order chi connectivity index (χ1) is 14.8. The number of nitrogens with one attached hydrogen (secondary N) is 1. The number of carboxylic acid groups (broad SMARTS) is 1. The first-order valence-electron chi connectivity index (χ1n) is 10.6. The lowest BCUT2D eigenvalue weighted by Gasteiger charge is -2.31. The van der Waals surface area contributed by atoms with Gasteiger partial charge in [-0.3, -0.25) is 4.72 Å². The summed E-state index contributed by atoms with van der Waals surface area (Å²) in [5.41, 5.74) is 5.16. The minimum Gasteiger partial charge on any atom is -0.479 e. The molecule has 0 aromatic heterocycles. The number of ether oxygens (including phenoxy) is 1. The van der Waals surface area contributed by atoms with Gasteiger partial charge in [-0.15, -0.1) is 0 Å². The number of anilines is 1. The number of hydrogen-bond acceptors (Lipinski definition) is 4. The fourth-order valence-electron chi connectivity index (χ4n) is 4.08. The molecule has 2 aromatic carbocycles. The number of rotatable bonds is 4. The highest BCUT2D eigenvalue weighted by atomic mass is 32.2. The molecule has 0 radical (unpaired) electrons. The van der Waals surface area contributed by atoms with Crippen molar-refractivity contribution < 1.29 is 23.1 Å². The molecule has 1 heterocycles. The average molecular weight is 458 g/mol. The summed E-state index contributed by atoms with van der Waals surface area (Å²) in [6, 6.07) is 7.89. The number of aliphatic carboxylic acids is 1. The molecule has 7 heteroatoms. The molecule has 0 aliphatic carbocycles. The molecular formula is C25H31NO5S. The zero-order valence-electron chi connectivity index (χ0n) is 19.4. The van der Waals surface area contributed by atoms with Crippen LogP contribution >= 0.6 is 0 Å². The zero-order valence-corrected chi connectivity index (χ0v) is 20.3. The highest BCUT2D eigenvalue weighted by molar-refractivity contribution is 7.92. The maximum absolute atomic E-state index is 12.6. The van der Waals surface area contributed by atoms with Crippen molar-refractivity contribution in [2.24, 2.45) is 0 Å². The molecule has 172 valence electrons. The Kier molecular flexibility index (Phi) is 6.54. The van der Waals surface area contributed by atoms with E-state index in [0.29, 0.717) is 23.2 Å². The molecule has 32 heavy (non-hydrogen) atoms. The first kappa shape index (κ1) is 24.0. The first-order valence-corrected chi connectivity index (χ1v) is 12.2. The lowest BCUT2D eigenvalue weighted by molar-refractivity contribution is -0.160. The van der Waals surface area contributed by atoms with Gasteiger partial charge >= 0.3 is 5.97 Å². The second kappa shape index (κ2) is 8.71. The number of benzene rings is 2. The van der Waals surface area contributed by atoms with Crippen LogP contribution in [0, 0.1) is 20.8 Å². The van der Waals surface area contributed by atoms with Gasteiger partial charge in [0.15, 0.2) is 6.10 Å². The Labute approximate surface area is 190 Å². The molecule has 2 N–H and O–H groups in total. The SMILES string of the molecule is Cc1ccc(-c2c(C)c3c(c(C)c2[C@H](OC(C)(C)C)C(=O)O)NS(=O)(=O)CC=CC3)cc1. The van der Waals surface area contributed by atoms with Crippen LogP contribution in [0.1, 0.15) is 54.7 Å². The number of fused-ring (bicyclic) bond motifs is 1. The second-order valence-corrected chi connectivity index (χ2v) is 11.0. The highest BCUT2D eigenvalue weighted by Gasteiger charge is 2.34. The Morgan fingerprint density at radius 1 is 1.06 bits per heavy atom. The maximum atomic E-state index is 12.6. The molecular weight excluding hydrogens is 426 g/mol. The van der Waals surface area contributed by atoms with Crippen molar-refractivity contribution >= 4 is 21.7 Å². The monoisotopic (exact) mass is 457 g/mol. The third-order valence-electron chi connectivity index (χ3n) is 5.54. The molecule has 6 nitrogen and oxygen atoms in total. The van der Waals surface area contributed by atoms with E-state index in [2.05, 4.69) is 4.72 Å². The lowest BCUT2D eigenvalue weighted by atomic mass is 9.83. The molecule has 1 atom stereocenters. The molecule has 2 aromatic rings. The number of hydrogen-bond donors (Lipinski definition) is 2. The van der Waals surface area contributed by atoms with Gasteiger partial charge in [0.05, 0.1) is 17.0 Å². The van der Waals surface area contributed by atoms with Crippen LogP contribution < -0.4 is 4.72 Å². The highest BCUT2D eigenvalue weighted by Crippen LogP contribution is 2.44. The van der Waals surface area contributed by atoms with Gasteiger partial charge in [0.2, 0.25) is 10.0 Å². The van der Waals surface area contributed by atoms with E-state index in [0.717, 1.165) is 27.8 Å². The zero-order chi connectivity index (χ0) is 23.8. The molecule has 0 fully saturated rings. The van der Waals surface area contributed by atoms with Gasteiger partial charge in [0, 0.05) is 5.56 Å². The third-order valence-corrected chi connectivity index (χ3v) is 6.68. The topological polar surface area (TPSA) is 92.7 Å². The summed E-state index contributed by atoms with van der Waals surface area (Å²) < 4.78 is 33.9. The van der Waals surface area contributed by atoms with Crippen molar-refractivity contribution in [2.45, 2.75) is 59.7 Å². The van der Waals surface area contributed by atoms with E-state index in [1.54, 1.807) is 33.8 Å². The van der Waals surface area contributed by atoms with Crippen LogP contribution in [0.25, 0.3) is 11.1 Å². The van der Waals surface area contributed by atoms with E-state index in [1.165, 1.54) is 0 Å². The van der Waals surface area contributed by atoms with Crippen molar-refractivity contribution in [3.63, 3.8) is 0 Å². The summed E-state index contributed by atoms with van der Waals surface area (Å²) in [5.74, 6) is -1.25. The van der Waals surface area contributed by atoms with E-state index in [-0.39, 0.29) is 5.75 Å². The van der Waals surface area contributed by atoms with E-state index in [9.17, 15) is 18.3 Å². The van der Waals surface area contributed by atoms with E-state index in [4.69, 9.17) is 4.74 Å². The largest absolute Gasteiger partial charge is 0.479 e. The van der Waals surface area contributed by atoms with Crippen LogP contribution in [0.5, 0.6) is 0 Å². The van der Waals surface area contributed by atoms with Gasteiger partial charge in [0.1, 0.15) is 0 Å². The van der Waals surface area contributed by atoms with Crippen molar-refractivity contribution in [1.82, 2.24) is 0 Å². The lowest BCUT2D eigenvalue weighted by Crippen LogP contribution is -2.29. The van der Waals surface area contributed by atoms with Gasteiger partial charge in [0.25, 0.3) is 0 Å². The van der Waals surface area contributed by atoms with Gasteiger partial charge in [-0.1, -0.05) is 42.0 Å². The fourth-order valence-corrected chi connectivity index (χ4v) is 5.14. The van der Waals surface area contributed by atoms with Crippen LogP contribution in [0.3, 0.4) is 0 Å². The Bertz CT molecular complexity index is 1170. The summed E-state index contributed by atoms with van der Waals surface area (Å²) in [6.45, 7) is 11.1. The maximum Gasteiger partial charge on any atom is 0.337 e. The standard InChI is InChI=1S/C25H31NO5S/c1-15-10-12-18(13-11-15)20-16(2)19-9-7-8-14-32(29,30)26-22(19)17(3)21(20)23(24(27)28)31-25(4,5)6/h7-8,10-13,23,26H,9,14H2,1-6H3,(H,27,28)/t23-/m0/s1. The quantitative estimate of drug-likeness (QED) is 0.625. The van der Waals surface area contributed by atoms with Crippen LogP contribution in [0.2, 0.25) is 0 Å². The summed E-state index contributed by atoms with van der Waals surface area (Å²) in [4.78, 5) is 12.4. The minimum atomic E-state index is -3.60. The fraction of sp³-hybridized carbons (Fsp3) is 0.400. The summed E-state index contributed by atoms with van der Waals surface area (Å²) >= 11 is 0. The Balaban J connectivity index is 2.43. The van der Waals surface area contributed by atoms with E-state index < -0.39 is 27.7 Å². The smallest absolute Gasteiger partial charge is 0.337 e. The molecule has 0 saturated heterocycles. The number of sulfonamides is 1. The van der Waals surface area contributed by atoms with Gasteiger partial charge in [-0.25, -0.2) is 13.2 Å². The molecule has 1 aliphatic heterocycles. The van der Waals surface area contributed by atoms with E-state index >= 15 is 0 Å². The molecule has 3 rings (SSSR count). The molecule has 0 saturated carbocycles. The van der Waals surface area contributed by atoms with Gasteiger partial charge in [-0.05, 0) is 75.8 Å². The molecule has 1 aliphatic rings. The van der Waals surface area contributed by atoms with Crippen molar-refractivity contribution in [3.8, 4) is 11.1 Å². The Morgan fingerprint density at radius 2 is 1.69 bits per heavy atom. The van der Waals surface area contributed by atoms with Gasteiger partial charge < -0.3 is 9.84 Å². The van der Waals surface area contributed by atoms with Crippen LogP contribution in [0.4, 0.5) is 5.69 Å². The predicted molar refractivity (Wildman–Crippen MR) is 128 cm³/mol. The summed E-state index contributed by atoms with van der Waals surface area (Å²) in [5, 5.41) is 10.2. The molecule has 0 unspecified atom stereocenters. The second-order valence-electron chi connectivity index (χ2n) is 9.27. The molecule has 0 amide bonds. The number of aryl methyl sites for hydroxylation is 1. The van der Waals surface area contributed by atoms with Crippen LogP contribution in [-0.2, 0) is 26.0 Å². The number of allylic oxidation sites excluding steroid dienone is 1. The third kappa shape index (κ3) is 5.05. The average Bonchev–Trinajstić information content (AvgIpc) is 2.66. The van der Waals surface area contributed by atoms with Crippen LogP contribution in [0.15, 0.2) is 36.4 Å². The summed E-state index contributed by atoms with van der Waals surface area (Å²) in [7, 11) is -3.60. The van der Waals surface area contributed by atoms with Crippen molar-refractivity contribution in [1.29, 1.82) is 0 Å². The normalized spacial score (nSPS) is 16.4. The molecule has 0 spiro atoms. The molecule has 0 bridgehead atoms. The van der Waals surface area contributed by atoms with Crippen molar-refractivity contribution in [3.05, 3.63) is 64.2 Å². The minimum absolute atomic E-state index is 0.124. The number of carboxylic acids is 1. The Morgan fingerprint density at radius 3 is 2.25 bits per heavy atom. The van der Waals surface area contributed by atoms with Crippen molar-refractivity contribution in [2.75, 3.05) is 10.5 Å². The predicted octanol–water partition coefficient (Wildman–Crippen LogP) is 5.07.